The molecule has 108 valence electrons. The van der Waals surface area contributed by atoms with Crippen molar-refractivity contribution in [2.75, 3.05) is 11.4 Å². The van der Waals surface area contributed by atoms with Gasteiger partial charge in [0.05, 0.1) is 11.4 Å². The maximum absolute atomic E-state index is 11.6. The number of aromatic carboxylic acids is 1. The third-order valence-electron chi connectivity index (χ3n) is 4.82. The van der Waals surface area contributed by atoms with Crippen LogP contribution in [0, 0.1) is 19.8 Å². The van der Waals surface area contributed by atoms with Gasteiger partial charge in [-0.2, -0.15) is 0 Å². The lowest BCUT2D eigenvalue weighted by molar-refractivity contribution is 0.0696. The van der Waals surface area contributed by atoms with Gasteiger partial charge in [-0.25, -0.2) is 4.79 Å². The number of nitrogens with zero attached hydrogens (tertiary/aromatic N) is 2. The molecular weight excluding hydrogens is 252 g/mol. The number of hydrogen-bond donors (Lipinski definition) is 1. The Bertz CT molecular complexity index is 542. The highest BCUT2D eigenvalue weighted by atomic mass is 16.4. The number of pyridine rings is 1. The monoisotopic (exact) mass is 274 g/mol. The van der Waals surface area contributed by atoms with Gasteiger partial charge in [0.1, 0.15) is 5.56 Å². The quantitative estimate of drug-likeness (QED) is 0.900. The van der Waals surface area contributed by atoms with Crippen molar-refractivity contribution in [3.05, 3.63) is 23.0 Å². The molecule has 4 heteroatoms. The highest BCUT2D eigenvalue weighted by Gasteiger charge is 2.36. The summed E-state index contributed by atoms with van der Waals surface area (Å²) in [6.07, 6.45) is 6.24. The molecule has 1 aromatic heterocycles. The zero-order valence-electron chi connectivity index (χ0n) is 12.2. The molecule has 1 saturated heterocycles. The van der Waals surface area contributed by atoms with Crippen LogP contribution in [0.25, 0.3) is 0 Å². The molecule has 0 bridgehead atoms. The molecule has 4 nitrogen and oxygen atoms in total. The molecule has 3 rings (SSSR count). The zero-order valence-corrected chi connectivity index (χ0v) is 12.2. The van der Waals surface area contributed by atoms with Gasteiger partial charge >= 0.3 is 5.97 Å². The van der Waals surface area contributed by atoms with Crippen LogP contribution in [0.4, 0.5) is 5.69 Å². The molecule has 2 heterocycles. The standard InChI is InChI=1S/C16H22N2O2/c1-10-9-14(15(16(19)20)11(2)17-10)18-8-4-6-12-5-3-7-13(12)18/h9,12-13H,3-8H2,1-2H3,(H,19,20). The van der Waals surface area contributed by atoms with E-state index in [1.807, 2.05) is 13.0 Å². The fourth-order valence-electron chi connectivity index (χ4n) is 4.05. The van der Waals surface area contributed by atoms with Crippen molar-refractivity contribution in [2.24, 2.45) is 5.92 Å². The Morgan fingerprint density at radius 3 is 2.80 bits per heavy atom. The first kappa shape index (κ1) is 13.4. The number of aromatic nitrogens is 1. The van der Waals surface area contributed by atoms with E-state index in [0.717, 1.165) is 23.8 Å². The lowest BCUT2D eigenvalue weighted by Gasteiger charge is -2.40. The van der Waals surface area contributed by atoms with Crippen LogP contribution in [0.5, 0.6) is 0 Å². The maximum Gasteiger partial charge on any atom is 0.339 e. The smallest absolute Gasteiger partial charge is 0.339 e. The number of rotatable bonds is 2. The molecule has 1 aromatic rings. The van der Waals surface area contributed by atoms with E-state index in [0.29, 0.717) is 17.3 Å². The lowest BCUT2D eigenvalue weighted by atomic mass is 9.91. The topological polar surface area (TPSA) is 53.4 Å². The summed E-state index contributed by atoms with van der Waals surface area (Å²) in [4.78, 5) is 18.3. The number of carboxylic acid groups (broad SMARTS) is 1. The van der Waals surface area contributed by atoms with Crippen molar-refractivity contribution in [3.8, 4) is 0 Å². The van der Waals surface area contributed by atoms with Gasteiger partial charge < -0.3 is 10.0 Å². The van der Waals surface area contributed by atoms with Crippen molar-refractivity contribution in [1.82, 2.24) is 4.98 Å². The Morgan fingerprint density at radius 1 is 1.30 bits per heavy atom. The van der Waals surface area contributed by atoms with E-state index < -0.39 is 5.97 Å². The predicted molar refractivity (Wildman–Crippen MR) is 78.4 cm³/mol. The van der Waals surface area contributed by atoms with E-state index in [1.54, 1.807) is 6.92 Å². The number of fused-ring (bicyclic) bond motifs is 1. The van der Waals surface area contributed by atoms with Crippen molar-refractivity contribution in [1.29, 1.82) is 0 Å². The van der Waals surface area contributed by atoms with Crippen LogP contribution in [-0.2, 0) is 0 Å². The molecule has 0 amide bonds. The summed E-state index contributed by atoms with van der Waals surface area (Å²) < 4.78 is 0. The number of aryl methyl sites for hydroxylation is 2. The Kier molecular flexibility index (Phi) is 3.40. The maximum atomic E-state index is 11.6. The summed E-state index contributed by atoms with van der Waals surface area (Å²) in [6.45, 7) is 4.72. The molecule has 1 aliphatic heterocycles. The number of hydrogen-bond acceptors (Lipinski definition) is 3. The van der Waals surface area contributed by atoms with Crippen LogP contribution >= 0.6 is 0 Å². The first-order valence-electron chi connectivity index (χ1n) is 7.56. The molecule has 1 saturated carbocycles. The van der Waals surface area contributed by atoms with E-state index in [4.69, 9.17) is 0 Å². The van der Waals surface area contributed by atoms with E-state index in [2.05, 4.69) is 9.88 Å². The van der Waals surface area contributed by atoms with Crippen LogP contribution in [0.2, 0.25) is 0 Å². The normalized spacial score (nSPS) is 25.6. The second-order valence-corrected chi connectivity index (χ2v) is 6.14. The van der Waals surface area contributed by atoms with Gasteiger partial charge in [0.2, 0.25) is 0 Å². The van der Waals surface area contributed by atoms with Crippen molar-refractivity contribution in [3.63, 3.8) is 0 Å². The molecule has 0 radical (unpaired) electrons. The highest BCUT2D eigenvalue weighted by molar-refractivity contribution is 5.95. The van der Waals surface area contributed by atoms with E-state index in [9.17, 15) is 9.90 Å². The molecule has 2 fully saturated rings. The average Bonchev–Trinajstić information content (AvgIpc) is 2.84. The van der Waals surface area contributed by atoms with Crippen molar-refractivity contribution < 1.29 is 9.90 Å². The van der Waals surface area contributed by atoms with Crippen molar-refractivity contribution >= 4 is 11.7 Å². The van der Waals surface area contributed by atoms with Gasteiger partial charge in [0.15, 0.2) is 0 Å². The third kappa shape index (κ3) is 2.17. The van der Waals surface area contributed by atoms with Crippen LogP contribution in [-0.4, -0.2) is 28.6 Å². The first-order valence-corrected chi connectivity index (χ1v) is 7.56. The summed E-state index contributed by atoms with van der Waals surface area (Å²) in [5.74, 6) is -0.107. The Morgan fingerprint density at radius 2 is 2.05 bits per heavy atom. The van der Waals surface area contributed by atoms with Gasteiger partial charge in [-0.1, -0.05) is 6.42 Å². The van der Waals surface area contributed by atoms with Gasteiger partial charge in [0.25, 0.3) is 0 Å². The third-order valence-corrected chi connectivity index (χ3v) is 4.82. The second-order valence-electron chi connectivity index (χ2n) is 6.14. The number of carbonyl (C=O) groups is 1. The van der Waals surface area contributed by atoms with Gasteiger partial charge in [-0.15, -0.1) is 0 Å². The first-order chi connectivity index (χ1) is 9.58. The molecular formula is C16H22N2O2. The summed E-state index contributed by atoms with van der Waals surface area (Å²) >= 11 is 0. The Hall–Kier alpha value is -1.58. The number of piperidine rings is 1. The summed E-state index contributed by atoms with van der Waals surface area (Å²) in [6, 6.07) is 2.49. The van der Waals surface area contributed by atoms with Gasteiger partial charge in [0, 0.05) is 18.3 Å². The summed E-state index contributed by atoms with van der Waals surface area (Å²) in [7, 11) is 0. The Labute approximate surface area is 119 Å². The van der Waals surface area contributed by atoms with Crippen LogP contribution < -0.4 is 4.90 Å². The van der Waals surface area contributed by atoms with Crippen LogP contribution in [0.1, 0.15) is 53.8 Å². The minimum absolute atomic E-state index is 0.392. The molecule has 1 aliphatic carbocycles. The predicted octanol–water partition coefficient (Wildman–Crippen LogP) is 3.17. The lowest BCUT2D eigenvalue weighted by Crippen LogP contribution is -2.43. The molecule has 2 unspecified atom stereocenters. The largest absolute Gasteiger partial charge is 0.478 e. The average molecular weight is 274 g/mol. The fourth-order valence-corrected chi connectivity index (χ4v) is 4.05. The summed E-state index contributed by atoms with van der Waals surface area (Å²) in [5, 5.41) is 9.54. The molecule has 0 aromatic carbocycles. The second kappa shape index (κ2) is 5.08. The van der Waals surface area contributed by atoms with Gasteiger partial charge in [-0.3, -0.25) is 4.98 Å². The molecule has 2 aliphatic rings. The molecule has 1 N–H and O–H groups in total. The molecule has 20 heavy (non-hydrogen) atoms. The van der Waals surface area contributed by atoms with Crippen LogP contribution in [0.3, 0.4) is 0 Å². The van der Waals surface area contributed by atoms with Crippen molar-refractivity contribution in [2.45, 2.75) is 52.0 Å². The number of carboxylic acids is 1. The van der Waals surface area contributed by atoms with E-state index in [-0.39, 0.29) is 0 Å². The SMILES string of the molecule is Cc1cc(N2CCCC3CCCC32)c(C(=O)O)c(C)n1. The number of anilines is 1. The molecule has 2 atom stereocenters. The van der Waals surface area contributed by atoms with Crippen LogP contribution in [0.15, 0.2) is 6.07 Å². The molecule has 0 spiro atoms. The highest BCUT2D eigenvalue weighted by Crippen LogP contribution is 2.40. The zero-order chi connectivity index (χ0) is 14.3. The Balaban J connectivity index is 2.06. The van der Waals surface area contributed by atoms with Gasteiger partial charge in [-0.05, 0) is 51.5 Å². The fraction of sp³-hybridized carbons (Fsp3) is 0.625. The summed E-state index contributed by atoms with van der Waals surface area (Å²) in [5.41, 5.74) is 2.82. The van der Waals surface area contributed by atoms with E-state index >= 15 is 0 Å². The minimum Gasteiger partial charge on any atom is -0.478 e. The van der Waals surface area contributed by atoms with E-state index in [1.165, 1.54) is 32.1 Å². The minimum atomic E-state index is -0.856.